The summed E-state index contributed by atoms with van der Waals surface area (Å²) in [5.74, 6) is -0.259. The van der Waals surface area contributed by atoms with Gasteiger partial charge in [-0.05, 0) is 12.1 Å². The Morgan fingerprint density at radius 3 is 2.75 bits per heavy atom. The third-order valence-electron chi connectivity index (χ3n) is 2.69. The van der Waals surface area contributed by atoms with Crippen LogP contribution in [-0.2, 0) is 4.74 Å². The number of carbonyl (C=O) groups excluding carboxylic acids is 1. The molecule has 2 aromatic rings. The largest absolute Gasteiger partial charge is 0.411 e. The minimum Gasteiger partial charge on any atom is -0.372 e. The smallest absolute Gasteiger partial charge is 0.372 e. The summed E-state index contributed by atoms with van der Waals surface area (Å²) in [6, 6.07) is 8.56. The van der Waals surface area contributed by atoms with Crippen molar-refractivity contribution < 1.29 is 22.7 Å². The molecule has 3 nitrogen and oxygen atoms in total. The molecule has 106 valence electrons. The molecule has 0 saturated heterocycles. The molecule has 0 amide bonds. The molecule has 20 heavy (non-hydrogen) atoms. The number of pyridine rings is 1. The predicted molar refractivity (Wildman–Crippen MR) is 67.6 cm³/mol. The molecule has 0 aliphatic heterocycles. The zero-order valence-electron chi connectivity index (χ0n) is 10.5. The average molecular weight is 283 g/mol. The second-order valence-electron chi connectivity index (χ2n) is 4.22. The van der Waals surface area contributed by atoms with E-state index in [1.165, 1.54) is 0 Å². The van der Waals surface area contributed by atoms with Gasteiger partial charge in [-0.2, -0.15) is 13.2 Å². The molecule has 0 bridgehead atoms. The van der Waals surface area contributed by atoms with E-state index in [4.69, 9.17) is 0 Å². The lowest BCUT2D eigenvalue weighted by Crippen LogP contribution is -2.18. The first kappa shape index (κ1) is 14.5. The number of alkyl halides is 3. The molecule has 0 fully saturated rings. The van der Waals surface area contributed by atoms with Gasteiger partial charge in [0.15, 0.2) is 5.78 Å². The lowest BCUT2D eigenvalue weighted by Gasteiger charge is -2.08. The third kappa shape index (κ3) is 3.77. The van der Waals surface area contributed by atoms with Gasteiger partial charge in [0.05, 0.1) is 12.1 Å². The second kappa shape index (κ2) is 6.00. The second-order valence-corrected chi connectivity index (χ2v) is 4.22. The first-order chi connectivity index (χ1) is 9.47. The molecule has 0 aliphatic carbocycles. The molecule has 1 heterocycles. The van der Waals surface area contributed by atoms with Crippen LogP contribution >= 0.6 is 0 Å². The maximum absolute atomic E-state index is 12.0. The summed E-state index contributed by atoms with van der Waals surface area (Å²) >= 11 is 0. The summed E-state index contributed by atoms with van der Waals surface area (Å²) in [7, 11) is 0. The quantitative estimate of drug-likeness (QED) is 0.623. The molecule has 0 radical (unpaired) electrons. The highest BCUT2D eigenvalue weighted by Crippen LogP contribution is 2.18. The first-order valence-electron chi connectivity index (χ1n) is 5.99. The number of benzene rings is 1. The number of ketones is 1. The van der Waals surface area contributed by atoms with Gasteiger partial charge in [-0.1, -0.05) is 18.2 Å². The van der Waals surface area contributed by atoms with Crippen LogP contribution in [0.15, 0.2) is 36.5 Å². The maximum Gasteiger partial charge on any atom is 0.411 e. The third-order valence-corrected chi connectivity index (χ3v) is 2.69. The molecule has 0 spiro atoms. The molecule has 0 unspecified atom stereocenters. The molecule has 2 rings (SSSR count). The van der Waals surface area contributed by atoms with Gasteiger partial charge in [-0.3, -0.25) is 9.78 Å². The molecule has 1 aromatic heterocycles. The molecule has 0 saturated carbocycles. The Morgan fingerprint density at radius 1 is 1.20 bits per heavy atom. The highest BCUT2D eigenvalue weighted by molar-refractivity contribution is 6.07. The number of carbonyl (C=O) groups is 1. The number of halogens is 3. The van der Waals surface area contributed by atoms with Crippen LogP contribution in [0.2, 0.25) is 0 Å². The van der Waals surface area contributed by atoms with Gasteiger partial charge in [0.25, 0.3) is 0 Å². The van der Waals surface area contributed by atoms with Crippen molar-refractivity contribution in [3.63, 3.8) is 0 Å². The van der Waals surface area contributed by atoms with E-state index in [0.717, 1.165) is 0 Å². The van der Waals surface area contributed by atoms with Crippen LogP contribution in [0.5, 0.6) is 0 Å². The Labute approximate surface area is 113 Å². The monoisotopic (exact) mass is 283 g/mol. The fourth-order valence-electron chi connectivity index (χ4n) is 1.83. The minimum atomic E-state index is -4.37. The van der Waals surface area contributed by atoms with Gasteiger partial charge in [-0.15, -0.1) is 0 Å². The van der Waals surface area contributed by atoms with E-state index in [0.29, 0.717) is 16.5 Å². The molecule has 1 aromatic carbocycles. The molecular formula is C14H12F3NO2. The summed E-state index contributed by atoms with van der Waals surface area (Å²) in [4.78, 5) is 16.1. The molecule has 0 N–H and O–H groups in total. The van der Waals surface area contributed by atoms with Crippen LogP contribution < -0.4 is 0 Å². The van der Waals surface area contributed by atoms with Crippen molar-refractivity contribution in [2.24, 2.45) is 0 Å². The van der Waals surface area contributed by atoms with Crippen molar-refractivity contribution in [1.29, 1.82) is 0 Å². The van der Waals surface area contributed by atoms with Crippen LogP contribution in [-0.4, -0.2) is 30.2 Å². The number of Topliss-reactive ketones (excluding diaryl/α,β-unsaturated/α-hetero) is 1. The normalized spacial score (nSPS) is 11.8. The van der Waals surface area contributed by atoms with E-state index in [-0.39, 0.29) is 18.8 Å². The van der Waals surface area contributed by atoms with Gasteiger partial charge in [-0.25, -0.2) is 0 Å². The zero-order valence-corrected chi connectivity index (χ0v) is 10.5. The van der Waals surface area contributed by atoms with Crippen molar-refractivity contribution >= 4 is 16.7 Å². The van der Waals surface area contributed by atoms with E-state index >= 15 is 0 Å². The molecule has 0 atom stereocenters. The Kier molecular flexibility index (Phi) is 4.34. The Hall–Kier alpha value is -1.95. The van der Waals surface area contributed by atoms with Gasteiger partial charge >= 0.3 is 6.18 Å². The number of aromatic nitrogens is 1. The summed E-state index contributed by atoms with van der Waals surface area (Å²) in [5.41, 5.74) is 1.13. The van der Waals surface area contributed by atoms with Crippen molar-refractivity contribution in [2.75, 3.05) is 13.2 Å². The van der Waals surface area contributed by atoms with Crippen LogP contribution in [0.1, 0.15) is 16.8 Å². The van der Waals surface area contributed by atoms with Crippen LogP contribution in [0.4, 0.5) is 13.2 Å². The number of ether oxygens (including phenoxy) is 1. The van der Waals surface area contributed by atoms with E-state index in [1.54, 1.807) is 36.5 Å². The van der Waals surface area contributed by atoms with E-state index in [1.807, 2.05) is 0 Å². The van der Waals surface area contributed by atoms with Gasteiger partial charge < -0.3 is 4.74 Å². The Bertz CT molecular complexity index is 605. The van der Waals surface area contributed by atoms with E-state index in [9.17, 15) is 18.0 Å². The average Bonchev–Trinajstić information content (AvgIpc) is 2.41. The SMILES string of the molecule is O=C(CCOCC(F)(F)F)c1cccc2ncccc12. The first-order valence-corrected chi connectivity index (χ1v) is 5.99. The van der Waals surface area contributed by atoms with E-state index in [2.05, 4.69) is 9.72 Å². The predicted octanol–water partition coefficient (Wildman–Crippen LogP) is 3.39. The van der Waals surface area contributed by atoms with Gasteiger partial charge in [0.1, 0.15) is 6.61 Å². The number of fused-ring (bicyclic) bond motifs is 1. The lowest BCUT2D eigenvalue weighted by molar-refractivity contribution is -0.173. The summed E-state index contributed by atoms with van der Waals surface area (Å²) < 4.78 is 40.1. The van der Waals surface area contributed by atoms with Crippen molar-refractivity contribution in [3.05, 3.63) is 42.1 Å². The lowest BCUT2D eigenvalue weighted by atomic mass is 10.0. The molecular weight excluding hydrogens is 271 g/mol. The number of hydrogen-bond acceptors (Lipinski definition) is 3. The topological polar surface area (TPSA) is 39.2 Å². The van der Waals surface area contributed by atoms with Gasteiger partial charge in [0, 0.05) is 23.6 Å². The zero-order chi connectivity index (χ0) is 14.6. The van der Waals surface area contributed by atoms with Crippen LogP contribution in [0.25, 0.3) is 10.9 Å². The highest BCUT2D eigenvalue weighted by atomic mass is 19.4. The number of hydrogen-bond donors (Lipinski definition) is 0. The summed E-state index contributed by atoms with van der Waals surface area (Å²) in [6.45, 7) is -1.59. The standard InChI is InChI=1S/C14H12F3NO2/c15-14(16,17)9-20-8-6-13(19)11-3-1-5-12-10(11)4-2-7-18-12/h1-5,7H,6,8-9H2. The van der Waals surface area contributed by atoms with Crippen LogP contribution in [0, 0.1) is 0 Å². The fraction of sp³-hybridized carbons (Fsp3) is 0.286. The Morgan fingerprint density at radius 2 is 2.00 bits per heavy atom. The van der Waals surface area contributed by atoms with Crippen molar-refractivity contribution in [3.8, 4) is 0 Å². The van der Waals surface area contributed by atoms with Gasteiger partial charge in [0.2, 0.25) is 0 Å². The summed E-state index contributed by atoms with van der Waals surface area (Å²) in [6.07, 6.45) is -2.85. The maximum atomic E-state index is 12.0. The van der Waals surface area contributed by atoms with Crippen LogP contribution in [0.3, 0.4) is 0 Å². The Balaban J connectivity index is 2.01. The molecule has 0 aliphatic rings. The minimum absolute atomic E-state index is 0.0932. The number of nitrogens with zero attached hydrogens (tertiary/aromatic N) is 1. The van der Waals surface area contributed by atoms with Crippen molar-refractivity contribution in [1.82, 2.24) is 4.98 Å². The van der Waals surface area contributed by atoms with E-state index < -0.39 is 12.8 Å². The van der Waals surface area contributed by atoms with Crippen molar-refractivity contribution in [2.45, 2.75) is 12.6 Å². The highest BCUT2D eigenvalue weighted by Gasteiger charge is 2.27. The summed E-state index contributed by atoms with van der Waals surface area (Å²) in [5, 5.41) is 0.691. The molecule has 6 heteroatoms. The number of rotatable bonds is 5. The fourth-order valence-corrected chi connectivity index (χ4v) is 1.83.